The number of pyridine rings is 1. The molecule has 0 spiro atoms. The lowest BCUT2D eigenvalue weighted by atomic mass is 10.1. The molecule has 0 unspecified atom stereocenters. The van der Waals surface area contributed by atoms with E-state index in [0.29, 0.717) is 18.4 Å². The van der Waals surface area contributed by atoms with Crippen molar-refractivity contribution in [3.63, 3.8) is 0 Å². The van der Waals surface area contributed by atoms with Gasteiger partial charge in [-0.1, -0.05) is 13.8 Å². The Morgan fingerprint density at radius 3 is 3.00 bits per heavy atom. The molecule has 0 radical (unpaired) electrons. The highest BCUT2D eigenvalue weighted by Crippen LogP contribution is 2.32. The summed E-state index contributed by atoms with van der Waals surface area (Å²) in [6.07, 6.45) is 5.24. The summed E-state index contributed by atoms with van der Waals surface area (Å²) >= 11 is 1.97. The van der Waals surface area contributed by atoms with Gasteiger partial charge in [0.1, 0.15) is 0 Å². The van der Waals surface area contributed by atoms with Crippen molar-refractivity contribution in [1.29, 1.82) is 0 Å². The van der Waals surface area contributed by atoms with Crippen LogP contribution in [0.3, 0.4) is 0 Å². The van der Waals surface area contributed by atoms with E-state index in [0.717, 1.165) is 30.8 Å². The number of halogens is 1. The summed E-state index contributed by atoms with van der Waals surface area (Å²) in [4.78, 5) is 6.42. The number of nitrogens with zero attached hydrogens (tertiary/aromatic N) is 2. The monoisotopic (exact) mass is 309 g/mol. The molecule has 2 fully saturated rings. The Balaban J connectivity index is 1.72. The standard InChI is InChI=1S/C16H24FN3S/c1-16(2)6-8-20(9-10-21-16)15-14(17)12(5-7-18-15)11-19-13-3-4-13/h5,7,13,19H,3-4,6,8-11H2,1-2H3. The van der Waals surface area contributed by atoms with Crippen molar-refractivity contribution in [2.24, 2.45) is 0 Å². The van der Waals surface area contributed by atoms with Crippen molar-refractivity contribution in [1.82, 2.24) is 10.3 Å². The molecule has 1 aromatic heterocycles. The van der Waals surface area contributed by atoms with Crippen LogP contribution in [0.4, 0.5) is 10.2 Å². The topological polar surface area (TPSA) is 28.2 Å². The van der Waals surface area contributed by atoms with Crippen LogP contribution >= 0.6 is 11.8 Å². The summed E-state index contributed by atoms with van der Waals surface area (Å²) in [5.74, 6) is 1.41. The number of anilines is 1. The SMILES string of the molecule is CC1(C)CCN(c2nccc(CNC3CC3)c2F)CCS1. The molecule has 0 aromatic carbocycles. The second-order valence-electron chi connectivity index (χ2n) is 6.61. The molecule has 0 atom stereocenters. The van der Waals surface area contributed by atoms with E-state index in [-0.39, 0.29) is 10.6 Å². The van der Waals surface area contributed by atoms with Crippen LogP contribution in [0.2, 0.25) is 0 Å². The van der Waals surface area contributed by atoms with Gasteiger partial charge in [-0.15, -0.1) is 0 Å². The molecule has 1 N–H and O–H groups in total. The van der Waals surface area contributed by atoms with Crippen molar-refractivity contribution in [3.05, 3.63) is 23.6 Å². The summed E-state index contributed by atoms with van der Waals surface area (Å²) < 4.78 is 15.0. The van der Waals surface area contributed by atoms with E-state index >= 15 is 0 Å². The normalized spacial score (nSPS) is 22.1. The number of nitrogens with one attached hydrogen (secondary N) is 1. The molecule has 3 nitrogen and oxygen atoms in total. The summed E-state index contributed by atoms with van der Waals surface area (Å²) in [5.41, 5.74) is 0.739. The summed E-state index contributed by atoms with van der Waals surface area (Å²) in [6, 6.07) is 2.39. The van der Waals surface area contributed by atoms with E-state index in [1.807, 2.05) is 11.8 Å². The highest BCUT2D eigenvalue weighted by Gasteiger charge is 2.26. The Morgan fingerprint density at radius 2 is 2.24 bits per heavy atom. The van der Waals surface area contributed by atoms with Crippen LogP contribution < -0.4 is 10.2 Å². The predicted molar refractivity (Wildman–Crippen MR) is 87.4 cm³/mol. The van der Waals surface area contributed by atoms with E-state index in [2.05, 4.69) is 29.0 Å². The van der Waals surface area contributed by atoms with Crippen LogP contribution in [0.15, 0.2) is 12.3 Å². The maximum absolute atomic E-state index is 14.7. The van der Waals surface area contributed by atoms with Gasteiger partial charge >= 0.3 is 0 Å². The van der Waals surface area contributed by atoms with Gasteiger partial charge in [0.05, 0.1) is 0 Å². The van der Waals surface area contributed by atoms with E-state index in [1.54, 1.807) is 12.3 Å². The number of aromatic nitrogens is 1. The number of rotatable bonds is 4. The number of hydrogen-bond acceptors (Lipinski definition) is 4. The van der Waals surface area contributed by atoms with Gasteiger partial charge in [-0.05, 0) is 25.3 Å². The Labute approximate surface area is 130 Å². The molecule has 2 heterocycles. The molecule has 21 heavy (non-hydrogen) atoms. The van der Waals surface area contributed by atoms with Gasteiger partial charge in [0.15, 0.2) is 11.6 Å². The molecule has 0 bridgehead atoms. The largest absolute Gasteiger partial charge is 0.353 e. The average Bonchev–Trinajstić information content (AvgIpc) is 3.26. The van der Waals surface area contributed by atoms with Crippen molar-refractivity contribution < 1.29 is 4.39 Å². The van der Waals surface area contributed by atoms with Gasteiger partial charge in [0.25, 0.3) is 0 Å². The number of thioether (sulfide) groups is 1. The first kappa shape index (κ1) is 15.1. The fraction of sp³-hybridized carbons (Fsp3) is 0.688. The molecule has 116 valence electrons. The fourth-order valence-corrected chi connectivity index (χ4v) is 3.70. The first-order valence-corrected chi connectivity index (χ1v) is 8.79. The zero-order valence-corrected chi connectivity index (χ0v) is 13.7. The smallest absolute Gasteiger partial charge is 0.170 e. The zero-order chi connectivity index (χ0) is 14.9. The molecule has 1 saturated heterocycles. The zero-order valence-electron chi connectivity index (χ0n) is 12.9. The Bertz CT molecular complexity index is 502. The van der Waals surface area contributed by atoms with E-state index in [9.17, 15) is 4.39 Å². The predicted octanol–water partition coefficient (Wildman–Crippen LogP) is 3.19. The van der Waals surface area contributed by atoms with Crippen LogP contribution in [0.1, 0.15) is 38.7 Å². The van der Waals surface area contributed by atoms with Crippen molar-refractivity contribution >= 4 is 17.6 Å². The quantitative estimate of drug-likeness (QED) is 0.924. The lowest BCUT2D eigenvalue weighted by molar-refractivity contribution is 0.568. The van der Waals surface area contributed by atoms with Gasteiger partial charge < -0.3 is 10.2 Å². The second-order valence-corrected chi connectivity index (χ2v) is 8.41. The van der Waals surface area contributed by atoms with Gasteiger partial charge in [-0.2, -0.15) is 11.8 Å². The molecular formula is C16H24FN3S. The minimum atomic E-state index is -0.143. The minimum Gasteiger partial charge on any atom is -0.353 e. The summed E-state index contributed by atoms with van der Waals surface area (Å²) in [5, 5.41) is 3.38. The molecule has 1 aliphatic carbocycles. The molecular weight excluding hydrogens is 285 g/mol. The first-order chi connectivity index (χ1) is 10.1. The van der Waals surface area contributed by atoms with Crippen LogP contribution in [0, 0.1) is 5.82 Å². The summed E-state index contributed by atoms with van der Waals surface area (Å²) in [6.45, 7) is 6.89. The highest BCUT2D eigenvalue weighted by molar-refractivity contribution is 8.00. The van der Waals surface area contributed by atoms with Crippen molar-refractivity contribution in [2.45, 2.75) is 50.4 Å². The molecule has 1 aromatic rings. The summed E-state index contributed by atoms with van der Waals surface area (Å²) in [7, 11) is 0. The Kier molecular flexibility index (Phi) is 4.41. The van der Waals surface area contributed by atoms with E-state index < -0.39 is 0 Å². The van der Waals surface area contributed by atoms with Crippen LogP contribution in [-0.4, -0.2) is 34.6 Å². The molecule has 3 rings (SSSR count). The van der Waals surface area contributed by atoms with E-state index in [1.165, 1.54) is 12.8 Å². The first-order valence-electron chi connectivity index (χ1n) is 7.81. The Morgan fingerprint density at radius 1 is 1.43 bits per heavy atom. The minimum absolute atomic E-state index is 0.143. The third kappa shape index (κ3) is 3.89. The van der Waals surface area contributed by atoms with Gasteiger partial charge in [0.2, 0.25) is 0 Å². The maximum Gasteiger partial charge on any atom is 0.170 e. The third-order valence-electron chi connectivity index (χ3n) is 4.25. The van der Waals surface area contributed by atoms with Crippen molar-refractivity contribution in [2.75, 3.05) is 23.7 Å². The number of hydrogen-bond donors (Lipinski definition) is 1. The van der Waals surface area contributed by atoms with Gasteiger partial charge in [-0.25, -0.2) is 9.37 Å². The second kappa shape index (κ2) is 6.13. The van der Waals surface area contributed by atoms with Crippen LogP contribution in [-0.2, 0) is 6.54 Å². The highest BCUT2D eigenvalue weighted by atomic mass is 32.2. The fourth-order valence-electron chi connectivity index (χ4n) is 2.60. The molecule has 0 amide bonds. The van der Waals surface area contributed by atoms with Crippen molar-refractivity contribution in [3.8, 4) is 0 Å². The average molecular weight is 309 g/mol. The Hall–Kier alpha value is -0.810. The maximum atomic E-state index is 14.7. The van der Waals surface area contributed by atoms with Crippen LogP contribution in [0.25, 0.3) is 0 Å². The molecule has 1 saturated carbocycles. The molecule has 2 aliphatic rings. The molecule has 1 aliphatic heterocycles. The lowest BCUT2D eigenvalue weighted by Gasteiger charge is -2.24. The third-order valence-corrected chi connectivity index (χ3v) is 5.62. The molecule has 5 heteroatoms. The van der Waals surface area contributed by atoms with Crippen LogP contribution in [0.5, 0.6) is 0 Å². The van der Waals surface area contributed by atoms with Gasteiger partial charge in [0, 0.05) is 47.9 Å². The lowest BCUT2D eigenvalue weighted by Crippen LogP contribution is -2.29. The van der Waals surface area contributed by atoms with Gasteiger partial charge in [-0.3, -0.25) is 0 Å². The van der Waals surface area contributed by atoms with E-state index in [4.69, 9.17) is 0 Å².